The van der Waals surface area contributed by atoms with Crippen LogP contribution in [0.25, 0.3) is 0 Å². The lowest BCUT2D eigenvalue weighted by Gasteiger charge is -2.22. The minimum Gasteiger partial charge on any atom is -0.396 e. The summed E-state index contributed by atoms with van der Waals surface area (Å²) < 4.78 is 24.1. The van der Waals surface area contributed by atoms with E-state index in [1.165, 1.54) is 10.6 Å². The third-order valence-electron chi connectivity index (χ3n) is 2.61. The summed E-state index contributed by atoms with van der Waals surface area (Å²) >= 11 is 0. The van der Waals surface area contributed by atoms with E-state index >= 15 is 0 Å². The molecule has 0 amide bonds. The average molecular weight is 266 g/mol. The smallest absolute Gasteiger partial charge is 0.211 e. The highest BCUT2D eigenvalue weighted by Gasteiger charge is 2.16. The standard InChI is InChI=1S/C11H26N2O3S/c1-5-13(17(4,15)16)8-6-7-12-9-11(2,3)10-14/h12,14H,5-10H2,1-4H3. The van der Waals surface area contributed by atoms with E-state index in [1.54, 1.807) is 0 Å². The Labute approximate surface area is 105 Å². The van der Waals surface area contributed by atoms with E-state index in [4.69, 9.17) is 5.11 Å². The maximum absolute atomic E-state index is 11.3. The predicted molar refractivity (Wildman–Crippen MR) is 70.4 cm³/mol. The molecule has 104 valence electrons. The molecule has 0 heterocycles. The first-order chi connectivity index (χ1) is 7.73. The van der Waals surface area contributed by atoms with Crippen LogP contribution < -0.4 is 5.32 Å². The van der Waals surface area contributed by atoms with Crippen LogP contribution in [0.3, 0.4) is 0 Å². The summed E-state index contributed by atoms with van der Waals surface area (Å²) in [6.07, 6.45) is 2.02. The van der Waals surface area contributed by atoms with Crippen LogP contribution in [0.4, 0.5) is 0 Å². The molecule has 0 aromatic heterocycles. The monoisotopic (exact) mass is 266 g/mol. The van der Waals surface area contributed by atoms with Gasteiger partial charge in [0.05, 0.1) is 6.26 Å². The first-order valence-electron chi connectivity index (χ1n) is 5.99. The van der Waals surface area contributed by atoms with Crippen molar-refractivity contribution in [2.45, 2.75) is 27.2 Å². The predicted octanol–water partition coefficient (Wildman–Crippen LogP) is 0.266. The minimum atomic E-state index is -3.07. The second kappa shape index (κ2) is 7.31. The largest absolute Gasteiger partial charge is 0.396 e. The van der Waals surface area contributed by atoms with Crippen LogP contribution in [-0.4, -0.2) is 56.9 Å². The van der Waals surface area contributed by atoms with Crippen molar-refractivity contribution < 1.29 is 13.5 Å². The molecular formula is C11H26N2O3S. The van der Waals surface area contributed by atoms with E-state index < -0.39 is 10.0 Å². The Hall–Kier alpha value is -0.170. The molecule has 6 heteroatoms. The van der Waals surface area contributed by atoms with Crippen molar-refractivity contribution in [1.82, 2.24) is 9.62 Å². The maximum Gasteiger partial charge on any atom is 0.211 e. The lowest BCUT2D eigenvalue weighted by molar-refractivity contribution is 0.157. The highest BCUT2D eigenvalue weighted by molar-refractivity contribution is 7.88. The van der Waals surface area contributed by atoms with E-state index in [2.05, 4.69) is 5.32 Å². The second-order valence-corrected chi connectivity index (χ2v) is 7.09. The third kappa shape index (κ3) is 7.70. The summed E-state index contributed by atoms with van der Waals surface area (Å²) in [5, 5.41) is 12.3. The average Bonchev–Trinajstić information content (AvgIpc) is 2.21. The second-order valence-electron chi connectivity index (χ2n) is 5.11. The van der Waals surface area contributed by atoms with Crippen molar-refractivity contribution in [3.8, 4) is 0 Å². The van der Waals surface area contributed by atoms with Gasteiger partial charge in [-0.05, 0) is 13.0 Å². The van der Waals surface area contributed by atoms with Gasteiger partial charge in [0, 0.05) is 31.7 Å². The fraction of sp³-hybridized carbons (Fsp3) is 1.00. The van der Waals surface area contributed by atoms with Crippen molar-refractivity contribution in [2.24, 2.45) is 5.41 Å². The van der Waals surface area contributed by atoms with E-state index in [0.717, 1.165) is 19.5 Å². The molecule has 0 saturated heterocycles. The van der Waals surface area contributed by atoms with Crippen molar-refractivity contribution >= 4 is 10.0 Å². The Morgan fingerprint density at radius 3 is 2.35 bits per heavy atom. The molecule has 0 aliphatic carbocycles. The summed E-state index contributed by atoms with van der Waals surface area (Å²) in [4.78, 5) is 0. The number of hydrogen-bond acceptors (Lipinski definition) is 4. The molecule has 0 radical (unpaired) electrons. The summed E-state index contributed by atoms with van der Waals surface area (Å²) in [6.45, 7) is 8.49. The zero-order valence-electron chi connectivity index (χ0n) is 11.4. The molecule has 17 heavy (non-hydrogen) atoms. The molecule has 0 aromatic rings. The van der Waals surface area contributed by atoms with Gasteiger partial charge >= 0.3 is 0 Å². The molecule has 5 nitrogen and oxygen atoms in total. The Morgan fingerprint density at radius 2 is 1.94 bits per heavy atom. The van der Waals surface area contributed by atoms with Gasteiger partial charge in [-0.3, -0.25) is 0 Å². The van der Waals surface area contributed by atoms with E-state index in [1.807, 2.05) is 20.8 Å². The van der Waals surface area contributed by atoms with Gasteiger partial charge in [-0.2, -0.15) is 0 Å². The number of sulfonamides is 1. The number of hydrogen-bond donors (Lipinski definition) is 2. The van der Waals surface area contributed by atoms with Crippen LogP contribution in [0, 0.1) is 5.41 Å². The van der Waals surface area contributed by atoms with Gasteiger partial charge in [0.15, 0.2) is 0 Å². The molecule has 0 bridgehead atoms. The quantitative estimate of drug-likeness (QED) is 0.588. The molecule has 0 aliphatic heterocycles. The van der Waals surface area contributed by atoms with Gasteiger partial charge in [0.25, 0.3) is 0 Å². The SMILES string of the molecule is CCN(CCCNCC(C)(C)CO)S(C)(=O)=O. The van der Waals surface area contributed by atoms with Gasteiger partial charge in [-0.15, -0.1) is 0 Å². The molecule has 0 fully saturated rings. The Kier molecular flexibility index (Phi) is 7.23. The molecule has 0 unspecified atom stereocenters. The summed E-state index contributed by atoms with van der Waals surface area (Å²) in [5.74, 6) is 0. The Bertz CT molecular complexity index is 302. The maximum atomic E-state index is 11.3. The van der Waals surface area contributed by atoms with Crippen molar-refractivity contribution in [1.29, 1.82) is 0 Å². The van der Waals surface area contributed by atoms with E-state index in [-0.39, 0.29) is 12.0 Å². The molecule has 2 N–H and O–H groups in total. The summed E-state index contributed by atoms with van der Waals surface area (Å²) in [7, 11) is -3.07. The number of aliphatic hydroxyl groups is 1. The first kappa shape index (κ1) is 16.8. The summed E-state index contributed by atoms with van der Waals surface area (Å²) in [6, 6.07) is 0. The van der Waals surface area contributed by atoms with E-state index in [9.17, 15) is 8.42 Å². The molecule has 0 spiro atoms. The van der Waals surface area contributed by atoms with Crippen molar-refractivity contribution in [3.05, 3.63) is 0 Å². The Balaban J connectivity index is 3.78. The molecule has 0 aliphatic rings. The van der Waals surface area contributed by atoms with Crippen molar-refractivity contribution in [3.63, 3.8) is 0 Å². The van der Waals surface area contributed by atoms with Gasteiger partial charge < -0.3 is 10.4 Å². The van der Waals surface area contributed by atoms with Crippen LogP contribution in [0.2, 0.25) is 0 Å². The lowest BCUT2D eigenvalue weighted by atomic mass is 9.95. The fourth-order valence-corrected chi connectivity index (χ4v) is 2.35. The molecule has 0 atom stereocenters. The van der Waals surface area contributed by atoms with Crippen LogP contribution in [-0.2, 0) is 10.0 Å². The fourth-order valence-electron chi connectivity index (χ4n) is 1.42. The zero-order chi connectivity index (χ0) is 13.5. The van der Waals surface area contributed by atoms with E-state index in [0.29, 0.717) is 13.1 Å². The third-order valence-corrected chi connectivity index (χ3v) is 3.99. The van der Waals surface area contributed by atoms with Gasteiger partial charge in [-0.25, -0.2) is 12.7 Å². The minimum absolute atomic E-state index is 0.124. The number of nitrogens with one attached hydrogen (secondary N) is 1. The van der Waals surface area contributed by atoms with Gasteiger partial charge in [0.2, 0.25) is 10.0 Å². The lowest BCUT2D eigenvalue weighted by Crippen LogP contribution is -2.35. The van der Waals surface area contributed by atoms with Crippen LogP contribution in [0.5, 0.6) is 0 Å². The van der Waals surface area contributed by atoms with Crippen LogP contribution in [0.15, 0.2) is 0 Å². The normalized spacial score (nSPS) is 13.3. The van der Waals surface area contributed by atoms with Gasteiger partial charge in [0.1, 0.15) is 0 Å². The topological polar surface area (TPSA) is 69.6 Å². The zero-order valence-corrected chi connectivity index (χ0v) is 12.2. The highest BCUT2D eigenvalue weighted by atomic mass is 32.2. The number of aliphatic hydroxyl groups excluding tert-OH is 1. The van der Waals surface area contributed by atoms with Crippen LogP contribution in [0.1, 0.15) is 27.2 Å². The number of rotatable bonds is 9. The molecule has 0 saturated carbocycles. The van der Waals surface area contributed by atoms with Crippen molar-refractivity contribution in [2.75, 3.05) is 39.0 Å². The molecular weight excluding hydrogens is 240 g/mol. The molecule has 0 aromatic carbocycles. The van der Waals surface area contributed by atoms with Gasteiger partial charge in [-0.1, -0.05) is 20.8 Å². The highest BCUT2D eigenvalue weighted by Crippen LogP contribution is 2.10. The first-order valence-corrected chi connectivity index (χ1v) is 7.84. The van der Waals surface area contributed by atoms with Crippen LogP contribution >= 0.6 is 0 Å². The summed E-state index contributed by atoms with van der Waals surface area (Å²) in [5.41, 5.74) is -0.124. The molecule has 0 rings (SSSR count). The Morgan fingerprint density at radius 1 is 1.35 bits per heavy atom. The number of nitrogens with zero attached hydrogens (tertiary/aromatic N) is 1.